The van der Waals surface area contributed by atoms with Gasteiger partial charge in [0.05, 0.1) is 30.3 Å². The van der Waals surface area contributed by atoms with E-state index in [0.29, 0.717) is 34.5 Å². The van der Waals surface area contributed by atoms with Crippen LogP contribution in [0.5, 0.6) is 5.75 Å². The highest BCUT2D eigenvalue weighted by Crippen LogP contribution is 2.27. The van der Waals surface area contributed by atoms with Crippen LogP contribution >= 0.6 is 0 Å². The summed E-state index contributed by atoms with van der Waals surface area (Å²) in [4.78, 5) is 42.2. The highest BCUT2D eigenvalue weighted by atomic mass is 16.5. The third-order valence-corrected chi connectivity index (χ3v) is 6.62. The van der Waals surface area contributed by atoms with E-state index in [2.05, 4.69) is 24.1 Å². The molecule has 2 heterocycles. The standard InChI is InChI=1S/C26H31N3O4/c1-26(2,28-13-7-4-8-14-28)17-27-23(30)21-15-18(11-12-22(21)33-3)16-29-24(31)19-9-5-6-10-20(19)25(29)32/h5-6,9-12,15H,4,7-8,13-14,16-17H2,1-3H3,(H,27,30). The number of fused-ring (bicyclic) bond motifs is 1. The van der Waals surface area contributed by atoms with Crippen molar-refractivity contribution in [2.24, 2.45) is 0 Å². The molecule has 0 aliphatic carbocycles. The monoisotopic (exact) mass is 449 g/mol. The van der Waals surface area contributed by atoms with E-state index >= 15 is 0 Å². The zero-order valence-electron chi connectivity index (χ0n) is 19.5. The lowest BCUT2D eigenvalue weighted by atomic mass is 9.98. The predicted octanol–water partition coefficient (Wildman–Crippen LogP) is 3.49. The third-order valence-electron chi connectivity index (χ3n) is 6.62. The summed E-state index contributed by atoms with van der Waals surface area (Å²) in [6.45, 7) is 6.99. The molecule has 2 aromatic carbocycles. The Balaban J connectivity index is 1.48. The van der Waals surface area contributed by atoms with E-state index in [-0.39, 0.29) is 29.8 Å². The maximum Gasteiger partial charge on any atom is 0.261 e. The van der Waals surface area contributed by atoms with Crippen LogP contribution in [0.15, 0.2) is 42.5 Å². The molecule has 4 rings (SSSR count). The number of hydrogen-bond donors (Lipinski definition) is 1. The van der Waals surface area contributed by atoms with Crippen LogP contribution in [0, 0.1) is 0 Å². The van der Waals surface area contributed by atoms with Crippen LogP contribution in [0.25, 0.3) is 0 Å². The first-order valence-corrected chi connectivity index (χ1v) is 11.5. The molecule has 0 spiro atoms. The fourth-order valence-electron chi connectivity index (χ4n) is 4.60. The van der Waals surface area contributed by atoms with Gasteiger partial charge < -0.3 is 10.1 Å². The Morgan fingerprint density at radius 2 is 1.64 bits per heavy atom. The second kappa shape index (κ2) is 9.35. The van der Waals surface area contributed by atoms with Gasteiger partial charge in [-0.1, -0.05) is 24.6 Å². The lowest BCUT2D eigenvalue weighted by Gasteiger charge is -2.41. The van der Waals surface area contributed by atoms with Crippen molar-refractivity contribution in [1.29, 1.82) is 0 Å². The van der Waals surface area contributed by atoms with Crippen molar-refractivity contribution in [3.63, 3.8) is 0 Å². The summed E-state index contributed by atoms with van der Waals surface area (Å²) < 4.78 is 5.41. The smallest absolute Gasteiger partial charge is 0.261 e. The lowest BCUT2D eigenvalue weighted by molar-refractivity contribution is 0.0642. The fourth-order valence-corrected chi connectivity index (χ4v) is 4.60. The molecule has 1 saturated heterocycles. The molecular weight excluding hydrogens is 418 g/mol. The zero-order chi connectivity index (χ0) is 23.6. The minimum Gasteiger partial charge on any atom is -0.496 e. The number of rotatable bonds is 7. The van der Waals surface area contributed by atoms with Gasteiger partial charge >= 0.3 is 0 Å². The van der Waals surface area contributed by atoms with Crippen molar-refractivity contribution in [2.45, 2.75) is 45.2 Å². The summed E-state index contributed by atoms with van der Waals surface area (Å²) >= 11 is 0. The maximum absolute atomic E-state index is 13.1. The number of imide groups is 1. The van der Waals surface area contributed by atoms with Gasteiger partial charge in [0.25, 0.3) is 17.7 Å². The number of benzene rings is 2. The molecule has 3 amide bonds. The lowest BCUT2D eigenvalue weighted by Crippen LogP contribution is -2.53. The van der Waals surface area contributed by atoms with Gasteiger partial charge in [0.2, 0.25) is 0 Å². The van der Waals surface area contributed by atoms with Gasteiger partial charge in [0.15, 0.2) is 0 Å². The first-order chi connectivity index (χ1) is 15.8. The summed E-state index contributed by atoms with van der Waals surface area (Å²) in [5.74, 6) is -0.420. The van der Waals surface area contributed by atoms with Gasteiger partial charge in [-0.15, -0.1) is 0 Å². The molecule has 2 aliphatic rings. The van der Waals surface area contributed by atoms with Crippen molar-refractivity contribution in [3.05, 3.63) is 64.7 Å². The quantitative estimate of drug-likeness (QED) is 0.655. The summed E-state index contributed by atoms with van der Waals surface area (Å²) in [5.41, 5.74) is 1.75. The predicted molar refractivity (Wildman–Crippen MR) is 125 cm³/mol. The molecule has 2 aromatic rings. The molecule has 1 fully saturated rings. The van der Waals surface area contributed by atoms with E-state index in [1.165, 1.54) is 31.3 Å². The second-order valence-corrected chi connectivity index (χ2v) is 9.32. The zero-order valence-corrected chi connectivity index (χ0v) is 19.5. The molecule has 0 bridgehead atoms. The van der Waals surface area contributed by atoms with Crippen molar-refractivity contribution in [3.8, 4) is 5.75 Å². The van der Waals surface area contributed by atoms with Gasteiger partial charge in [-0.25, -0.2) is 0 Å². The van der Waals surface area contributed by atoms with Crippen LogP contribution in [0.4, 0.5) is 0 Å². The third kappa shape index (κ3) is 4.64. The number of amides is 3. The first-order valence-electron chi connectivity index (χ1n) is 11.5. The van der Waals surface area contributed by atoms with Gasteiger partial charge in [0, 0.05) is 12.1 Å². The number of nitrogens with one attached hydrogen (secondary N) is 1. The number of nitrogens with zero attached hydrogens (tertiary/aromatic N) is 2. The number of ether oxygens (including phenoxy) is 1. The van der Waals surface area contributed by atoms with Crippen LogP contribution in [-0.2, 0) is 6.54 Å². The van der Waals surface area contributed by atoms with Crippen LogP contribution in [-0.4, -0.2) is 59.8 Å². The minimum absolute atomic E-state index is 0.0931. The number of likely N-dealkylation sites (tertiary alicyclic amines) is 1. The van der Waals surface area contributed by atoms with Crippen LogP contribution in [0.1, 0.15) is 69.7 Å². The van der Waals surface area contributed by atoms with E-state index in [4.69, 9.17) is 4.74 Å². The average Bonchev–Trinajstić information content (AvgIpc) is 3.08. The molecule has 7 nitrogen and oxygen atoms in total. The van der Waals surface area contributed by atoms with E-state index < -0.39 is 0 Å². The SMILES string of the molecule is COc1ccc(CN2C(=O)c3ccccc3C2=O)cc1C(=O)NCC(C)(C)N1CCCCC1. The molecule has 0 aromatic heterocycles. The topological polar surface area (TPSA) is 78.9 Å². The van der Waals surface area contributed by atoms with Gasteiger partial charge in [-0.05, 0) is 69.6 Å². The summed E-state index contributed by atoms with van der Waals surface area (Å²) in [7, 11) is 1.52. The Morgan fingerprint density at radius 1 is 1.00 bits per heavy atom. The molecule has 33 heavy (non-hydrogen) atoms. The Labute approximate surface area is 194 Å². The Hall–Kier alpha value is -3.19. The molecule has 1 N–H and O–H groups in total. The number of methoxy groups -OCH3 is 1. The number of piperidine rings is 1. The fraction of sp³-hybridized carbons (Fsp3) is 0.423. The van der Waals surface area contributed by atoms with Crippen molar-refractivity contribution >= 4 is 17.7 Å². The molecule has 174 valence electrons. The Bertz CT molecular complexity index is 1040. The summed E-state index contributed by atoms with van der Waals surface area (Å²) in [6, 6.07) is 12.0. The van der Waals surface area contributed by atoms with Crippen molar-refractivity contribution < 1.29 is 19.1 Å². The molecule has 0 atom stereocenters. The normalized spacial score (nSPS) is 16.6. The molecular formula is C26H31N3O4. The van der Waals surface area contributed by atoms with Gasteiger partial charge in [-0.2, -0.15) is 0 Å². The Morgan fingerprint density at radius 3 is 2.24 bits per heavy atom. The molecule has 7 heteroatoms. The molecule has 0 saturated carbocycles. The van der Waals surface area contributed by atoms with E-state index in [1.54, 1.807) is 42.5 Å². The number of carbonyl (C=O) groups is 3. The minimum atomic E-state index is -0.319. The summed E-state index contributed by atoms with van der Waals surface area (Å²) in [5, 5.41) is 3.06. The van der Waals surface area contributed by atoms with E-state index in [0.717, 1.165) is 13.1 Å². The molecule has 0 unspecified atom stereocenters. The number of carbonyl (C=O) groups excluding carboxylic acids is 3. The highest BCUT2D eigenvalue weighted by Gasteiger charge is 2.35. The van der Waals surface area contributed by atoms with Crippen LogP contribution in [0.2, 0.25) is 0 Å². The molecule has 0 radical (unpaired) electrons. The van der Waals surface area contributed by atoms with Gasteiger partial charge in [-0.3, -0.25) is 24.2 Å². The number of hydrogen-bond acceptors (Lipinski definition) is 5. The van der Waals surface area contributed by atoms with Crippen molar-refractivity contribution in [2.75, 3.05) is 26.7 Å². The maximum atomic E-state index is 13.1. The van der Waals surface area contributed by atoms with Crippen LogP contribution in [0.3, 0.4) is 0 Å². The van der Waals surface area contributed by atoms with E-state index in [9.17, 15) is 14.4 Å². The first kappa shape index (κ1) is 23.0. The molecule has 2 aliphatic heterocycles. The Kier molecular flexibility index (Phi) is 6.51. The second-order valence-electron chi connectivity index (χ2n) is 9.32. The summed E-state index contributed by atoms with van der Waals surface area (Å²) in [6.07, 6.45) is 3.63. The van der Waals surface area contributed by atoms with Gasteiger partial charge in [0.1, 0.15) is 5.75 Å². The average molecular weight is 450 g/mol. The van der Waals surface area contributed by atoms with Crippen molar-refractivity contribution in [1.82, 2.24) is 15.1 Å². The highest BCUT2D eigenvalue weighted by molar-refractivity contribution is 6.21. The van der Waals surface area contributed by atoms with Crippen LogP contribution < -0.4 is 10.1 Å². The largest absolute Gasteiger partial charge is 0.496 e. The van der Waals surface area contributed by atoms with E-state index in [1.807, 2.05) is 0 Å².